The molecule has 3 heterocycles. The van der Waals surface area contributed by atoms with Crippen LogP contribution in [0, 0.1) is 5.82 Å². The Balaban J connectivity index is 0.00000205. The molecule has 2 aromatic heterocycles. The second kappa shape index (κ2) is 8.27. The quantitative estimate of drug-likeness (QED) is 0.365. The largest absolute Gasteiger partial charge is 0.356 e. The Bertz CT molecular complexity index is 1160. The SMILES string of the molecule is Cl.Fc1c(Cc2ccc(N3CCC3)nc2)cc2scnc2c1-c1cccc(Cl)c1. The van der Waals surface area contributed by atoms with Gasteiger partial charge in [-0.15, -0.1) is 23.7 Å². The highest BCUT2D eigenvalue weighted by Crippen LogP contribution is 2.36. The van der Waals surface area contributed by atoms with Crippen LogP contribution in [-0.2, 0) is 6.42 Å². The van der Waals surface area contributed by atoms with E-state index in [1.165, 1.54) is 17.8 Å². The first kappa shape index (κ1) is 20.1. The minimum atomic E-state index is -0.243. The predicted octanol–water partition coefficient (Wildman–Crippen LogP) is 6.37. The van der Waals surface area contributed by atoms with Crippen LogP contribution in [0.15, 0.2) is 54.2 Å². The monoisotopic (exact) mass is 445 g/mol. The van der Waals surface area contributed by atoms with E-state index >= 15 is 4.39 Å². The van der Waals surface area contributed by atoms with Gasteiger partial charge in [0.2, 0.25) is 0 Å². The van der Waals surface area contributed by atoms with Gasteiger partial charge in [0.1, 0.15) is 11.6 Å². The zero-order valence-corrected chi connectivity index (χ0v) is 17.8. The lowest BCUT2D eigenvalue weighted by Gasteiger charge is -2.31. The number of hydrogen-bond acceptors (Lipinski definition) is 4. The van der Waals surface area contributed by atoms with Gasteiger partial charge in [-0.1, -0.05) is 29.8 Å². The van der Waals surface area contributed by atoms with Gasteiger partial charge in [-0.3, -0.25) is 0 Å². The number of nitrogens with zero attached hydrogens (tertiary/aromatic N) is 3. The molecule has 5 rings (SSSR count). The molecule has 0 N–H and O–H groups in total. The molecule has 0 aliphatic carbocycles. The smallest absolute Gasteiger partial charge is 0.136 e. The third kappa shape index (κ3) is 3.82. The van der Waals surface area contributed by atoms with Gasteiger partial charge < -0.3 is 4.90 Å². The van der Waals surface area contributed by atoms with Crippen molar-refractivity contribution >= 4 is 51.4 Å². The average molecular weight is 446 g/mol. The van der Waals surface area contributed by atoms with Crippen LogP contribution in [0.25, 0.3) is 21.3 Å². The number of hydrogen-bond donors (Lipinski definition) is 0. The molecule has 0 bridgehead atoms. The van der Waals surface area contributed by atoms with E-state index in [1.54, 1.807) is 17.6 Å². The van der Waals surface area contributed by atoms with E-state index in [-0.39, 0.29) is 18.2 Å². The predicted molar refractivity (Wildman–Crippen MR) is 121 cm³/mol. The minimum absolute atomic E-state index is 0. The molecule has 0 saturated carbocycles. The van der Waals surface area contributed by atoms with E-state index in [0.717, 1.165) is 34.7 Å². The number of benzene rings is 2. The highest BCUT2D eigenvalue weighted by atomic mass is 35.5. The zero-order valence-electron chi connectivity index (χ0n) is 15.4. The summed E-state index contributed by atoms with van der Waals surface area (Å²) in [7, 11) is 0. The third-order valence-corrected chi connectivity index (χ3v) is 6.15. The summed E-state index contributed by atoms with van der Waals surface area (Å²) >= 11 is 7.66. The molecular formula is C22H18Cl2FN3S. The Morgan fingerprint density at radius 1 is 1.10 bits per heavy atom. The van der Waals surface area contributed by atoms with Crippen molar-refractivity contribution in [1.29, 1.82) is 0 Å². The number of thiazole rings is 1. The van der Waals surface area contributed by atoms with E-state index in [2.05, 4.69) is 14.9 Å². The van der Waals surface area contributed by atoms with Crippen LogP contribution in [0.1, 0.15) is 17.5 Å². The van der Waals surface area contributed by atoms with Crippen molar-refractivity contribution in [2.45, 2.75) is 12.8 Å². The fourth-order valence-electron chi connectivity index (χ4n) is 3.54. The lowest BCUT2D eigenvalue weighted by molar-refractivity contribution is 0.609. The van der Waals surface area contributed by atoms with Crippen molar-refractivity contribution in [2.24, 2.45) is 0 Å². The normalized spacial score (nSPS) is 13.2. The molecule has 4 aromatic rings. The van der Waals surface area contributed by atoms with Gasteiger partial charge in [0.05, 0.1) is 15.7 Å². The van der Waals surface area contributed by atoms with Crippen molar-refractivity contribution in [1.82, 2.24) is 9.97 Å². The molecule has 0 spiro atoms. The van der Waals surface area contributed by atoms with Crippen LogP contribution in [0.4, 0.5) is 10.2 Å². The first-order chi connectivity index (χ1) is 13.7. The summed E-state index contributed by atoms with van der Waals surface area (Å²) in [5.41, 5.74) is 5.33. The van der Waals surface area contributed by atoms with E-state index in [0.29, 0.717) is 28.1 Å². The van der Waals surface area contributed by atoms with E-state index in [9.17, 15) is 0 Å². The summed E-state index contributed by atoms with van der Waals surface area (Å²) in [5.74, 6) is 0.750. The summed E-state index contributed by atoms with van der Waals surface area (Å²) < 4.78 is 16.5. The number of halogens is 3. The molecule has 148 valence electrons. The van der Waals surface area contributed by atoms with Gasteiger partial charge in [0.25, 0.3) is 0 Å². The molecule has 0 radical (unpaired) electrons. The van der Waals surface area contributed by atoms with E-state index in [4.69, 9.17) is 11.6 Å². The Kier molecular flexibility index (Phi) is 5.72. The molecule has 1 fully saturated rings. The van der Waals surface area contributed by atoms with Crippen LogP contribution in [0.2, 0.25) is 5.02 Å². The Hall–Kier alpha value is -2.21. The number of fused-ring (bicyclic) bond motifs is 1. The third-order valence-electron chi connectivity index (χ3n) is 5.14. The van der Waals surface area contributed by atoms with E-state index in [1.807, 2.05) is 36.5 Å². The molecule has 0 unspecified atom stereocenters. The molecule has 1 saturated heterocycles. The summed E-state index contributed by atoms with van der Waals surface area (Å²) in [4.78, 5) is 11.2. The number of anilines is 1. The van der Waals surface area contributed by atoms with Crippen molar-refractivity contribution in [2.75, 3.05) is 18.0 Å². The van der Waals surface area contributed by atoms with Crippen LogP contribution >= 0.6 is 35.3 Å². The fourth-order valence-corrected chi connectivity index (χ4v) is 4.48. The van der Waals surface area contributed by atoms with Crippen LogP contribution < -0.4 is 4.90 Å². The second-order valence-electron chi connectivity index (χ2n) is 6.98. The molecular weight excluding hydrogens is 428 g/mol. The molecule has 29 heavy (non-hydrogen) atoms. The standard InChI is InChI=1S/C22H17ClFN3S.ClH/c23-17-4-1-3-15(10-17)20-21(24)16(11-18-22(20)26-13-28-18)9-14-5-6-19(25-12-14)27-7-2-8-27;/h1,3-6,10-13H,2,7-9H2;1H. The van der Waals surface area contributed by atoms with Crippen molar-refractivity contribution in [3.8, 4) is 11.1 Å². The Morgan fingerprint density at radius 2 is 1.97 bits per heavy atom. The van der Waals surface area contributed by atoms with E-state index < -0.39 is 0 Å². The van der Waals surface area contributed by atoms with Crippen molar-refractivity contribution < 1.29 is 4.39 Å². The average Bonchev–Trinajstić information content (AvgIpc) is 3.10. The second-order valence-corrected chi connectivity index (χ2v) is 8.30. The minimum Gasteiger partial charge on any atom is -0.356 e. The zero-order chi connectivity index (χ0) is 19.1. The molecule has 1 aliphatic rings. The maximum Gasteiger partial charge on any atom is 0.136 e. The van der Waals surface area contributed by atoms with Gasteiger partial charge in [0.15, 0.2) is 0 Å². The van der Waals surface area contributed by atoms with Crippen molar-refractivity contribution in [3.63, 3.8) is 0 Å². The summed E-state index contributed by atoms with van der Waals surface area (Å²) in [6.07, 6.45) is 3.55. The van der Waals surface area contributed by atoms with Gasteiger partial charge in [-0.2, -0.15) is 0 Å². The first-order valence-corrected chi connectivity index (χ1v) is 10.5. The maximum absolute atomic E-state index is 15.5. The summed E-state index contributed by atoms with van der Waals surface area (Å²) in [6.45, 7) is 2.12. The fraction of sp³-hybridized carbons (Fsp3) is 0.182. The van der Waals surface area contributed by atoms with Crippen LogP contribution in [-0.4, -0.2) is 23.1 Å². The highest BCUT2D eigenvalue weighted by molar-refractivity contribution is 7.16. The van der Waals surface area contributed by atoms with Gasteiger partial charge in [0, 0.05) is 36.3 Å². The molecule has 3 nitrogen and oxygen atoms in total. The lowest BCUT2D eigenvalue weighted by Crippen LogP contribution is -2.37. The molecule has 7 heteroatoms. The molecule has 0 atom stereocenters. The Labute approximate surface area is 183 Å². The maximum atomic E-state index is 15.5. The van der Waals surface area contributed by atoms with Gasteiger partial charge in [-0.25, -0.2) is 14.4 Å². The highest BCUT2D eigenvalue weighted by Gasteiger charge is 2.19. The van der Waals surface area contributed by atoms with Gasteiger partial charge in [-0.05, 0) is 47.4 Å². The number of aromatic nitrogens is 2. The summed E-state index contributed by atoms with van der Waals surface area (Å²) in [6, 6.07) is 13.2. The topological polar surface area (TPSA) is 29.0 Å². The molecule has 2 aromatic carbocycles. The molecule has 0 amide bonds. The van der Waals surface area contributed by atoms with Crippen LogP contribution in [0.5, 0.6) is 0 Å². The van der Waals surface area contributed by atoms with Crippen LogP contribution in [0.3, 0.4) is 0 Å². The van der Waals surface area contributed by atoms with Gasteiger partial charge >= 0.3 is 0 Å². The first-order valence-electron chi connectivity index (χ1n) is 9.19. The lowest BCUT2D eigenvalue weighted by atomic mass is 9.97. The number of pyridine rings is 1. The number of rotatable bonds is 4. The van der Waals surface area contributed by atoms with Crippen molar-refractivity contribution in [3.05, 3.63) is 76.1 Å². The molecule has 1 aliphatic heterocycles. The summed E-state index contributed by atoms with van der Waals surface area (Å²) in [5, 5.41) is 0.580. The Morgan fingerprint density at radius 3 is 2.66 bits per heavy atom.